The number of aromatic nitrogens is 1. The molecule has 1 aliphatic heterocycles. The highest BCUT2D eigenvalue weighted by Crippen LogP contribution is 2.22. The van der Waals surface area contributed by atoms with Gasteiger partial charge in [0.1, 0.15) is 0 Å². The fourth-order valence-electron chi connectivity index (χ4n) is 3.26. The quantitative estimate of drug-likeness (QED) is 0.362. The van der Waals surface area contributed by atoms with E-state index in [1.807, 2.05) is 36.7 Å². The van der Waals surface area contributed by atoms with Crippen LogP contribution < -0.4 is 10.6 Å². The predicted octanol–water partition coefficient (Wildman–Crippen LogP) is 2.75. The van der Waals surface area contributed by atoms with E-state index in [0.717, 1.165) is 31.3 Å². The normalized spacial score (nSPS) is 17.3. The minimum Gasteiger partial charge on any atom is -0.393 e. The van der Waals surface area contributed by atoms with Gasteiger partial charge in [-0.05, 0) is 18.9 Å². The molecule has 2 heterocycles. The third-order valence-electron chi connectivity index (χ3n) is 4.66. The largest absolute Gasteiger partial charge is 0.393 e. The highest BCUT2D eigenvalue weighted by molar-refractivity contribution is 14.0. The lowest BCUT2D eigenvalue weighted by molar-refractivity contribution is 0.175. The standard InChI is InChI=1S/C19H27N5OS.HI/c1-15(25)13-17(16-5-3-2-4-6-16)14-22-18(20)23-8-10-24(11-9-23)19-21-7-12-26-19;/h2-7,12,15,17,25H,8-11,13-14H2,1H3,(H2,20,22);1H. The molecule has 0 spiro atoms. The number of halogens is 1. The van der Waals surface area contributed by atoms with Crippen LogP contribution in [0.5, 0.6) is 0 Å². The number of hydrogen-bond donors (Lipinski definition) is 2. The summed E-state index contributed by atoms with van der Waals surface area (Å²) in [5.41, 5.74) is 7.44. The summed E-state index contributed by atoms with van der Waals surface area (Å²) >= 11 is 1.67. The van der Waals surface area contributed by atoms with Crippen molar-refractivity contribution in [2.45, 2.75) is 25.4 Å². The minimum absolute atomic E-state index is 0. The molecule has 0 bridgehead atoms. The molecular weight excluding hydrogens is 473 g/mol. The maximum Gasteiger partial charge on any atom is 0.191 e. The fraction of sp³-hybridized carbons (Fsp3) is 0.474. The van der Waals surface area contributed by atoms with Crippen molar-refractivity contribution in [1.29, 1.82) is 0 Å². The molecular formula is C19H28IN5OS. The minimum atomic E-state index is -0.363. The number of aliphatic hydroxyl groups is 1. The van der Waals surface area contributed by atoms with Crippen LogP contribution in [0.1, 0.15) is 24.8 Å². The van der Waals surface area contributed by atoms with Gasteiger partial charge in [0.25, 0.3) is 0 Å². The number of hydrogen-bond acceptors (Lipinski definition) is 5. The monoisotopic (exact) mass is 501 g/mol. The van der Waals surface area contributed by atoms with Crippen molar-refractivity contribution in [3.8, 4) is 0 Å². The van der Waals surface area contributed by atoms with Crippen LogP contribution in [0.15, 0.2) is 46.9 Å². The van der Waals surface area contributed by atoms with Gasteiger partial charge < -0.3 is 20.6 Å². The summed E-state index contributed by atoms with van der Waals surface area (Å²) in [6, 6.07) is 10.2. The summed E-state index contributed by atoms with van der Waals surface area (Å²) in [5, 5.41) is 12.9. The number of thiazole rings is 1. The zero-order valence-electron chi connectivity index (χ0n) is 15.6. The molecule has 3 rings (SSSR count). The van der Waals surface area contributed by atoms with Crippen LogP contribution in [0.25, 0.3) is 0 Å². The number of piperazine rings is 1. The van der Waals surface area contributed by atoms with Crippen molar-refractivity contribution < 1.29 is 5.11 Å². The molecule has 148 valence electrons. The molecule has 2 unspecified atom stereocenters. The Bertz CT molecular complexity index is 687. The van der Waals surface area contributed by atoms with Gasteiger partial charge in [-0.15, -0.1) is 35.3 Å². The van der Waals surface area contributed by atoms with Crippen molar-refractivity contribution in [1.82, 2.24) is 9.88 Å². The summed E-state index contributed by atoms with van der Waals surface area (Å²) in [4.78, 5) is 13.4. The Morgan fingerprint density at radius 3 is 2.56 bits per heavy atom. The lowest BCUT2D eigenvalue weighted by Gasteiger charge is -2.35. The van der Waals surface area contributed by atoms with Gasteiger partial charge in [-0.3, -0.25) is 4.99 Å². The number of nitrogens with two attached hydrogens (primary N) is 1. The Balaban J connectivity index is 0.00000261. The first-order valence-electron chi connectivity index (χ1n) is 9.06. The number of anilines is 1. The zero-order chi connectivity index (χ0) is 18.4. The van der Waals surface area contributed by atoms with Crippen molar-refractivity contribution in [3.63, 3.8) is 0 Å². The Morgan fingerprint density at radius 1 is 1.26 bits per heavy atom. The van der Waals surface area contributed by atoms with Gasteiger partial charge in [0, 0.05) is 50.2 Å². The Morgan fingerprint density at radius 2 is 1.96 bits per heavy atom. The maximum absolute atomic E-state index is 9.82. The van der Waals surface area contributed by atoms with E-state index in [-0.39, 0.29) is 36.0 Å². The van der Waals surface area contributed by atoms with Gasteiger partial charge in [-0.25, -0.2) is 4.98 Å². The molecule has 0 amide bonds. The van der Waals surface area contributed by atoms with Gasteiger partial charge in [-0.2, -0.15) is 0 Å². The molecule has 1 aromatic heterocycles. The molecule has 8 heteroatoms. The number of benzene rings is 1. The van der Waals surface area contributed by atoms with E-state index in [1.165, 1.54) is 5.56 Å². The average Bonchev–Trinajstić information content (AvgIpc) is 3.20. The number of aliphatic imine (C=N–C) groups is 1. The SMILES string of the molecule is CC(O)CC(CN=C(N)N1CCN(c2nccs2)CC1)c1ccccc1.I. The molecule has 1 aromatic carbocycles. The van der Waals surface area contributed by atoms with Gasteiger partial charge >= 0.3 is 0 Å². The average molecular weight is 501 g/mol. The predicted molar refractivity (Wildman–Crippen MR) is 123 cm³/mol. The smallest absolute Gasteiger partial charge is 0.191 e. The zero-order valence-corrected chi connectivity index (χ0v) is 18.7. The highest BCUT2D eigenvalue weighted by Gasteiger charge is 2.20. The van der Waals surface area contributed by atoms with E-state index in [1.54, 1.807) is 11.3 Å². The second-order valence-electron chi connectivity index (χ2n) is 6.68. The van der Waals surface area contributed by atoms with Crippen LogP contribution in [0, 0.1) is 0 Å². The number of guanidine groups is 1. The van der Waals surface area contributed by atoms with Gasteiger partial charge in [-0.1, -0.05) is 30.3 Å². The van der Waals surface area contributed by atoms with E-state index >= 15 is 0 Å². The Kier molecular flexibility index (Phi) is 8.78. The van der Waals surface area contributed by atoms with E-state index in [0.29, 0.717) is 18.9 Å². The Labute approximate surface area is 182 Å². The number of aliphatic hydroxyl groups excluding tert-OH is 1. The topological polar surface area (TPSA) is 78.0 Å². The molecule has 0 aliphatic carbocycles. The lowest BCUT2D eigenvalue weighted by Crippen LogP contribution is -2.51. The van der Waals surface area contributed by atoms with Crippen LogP contribution >= 0.6 is 35.3 Å². The maximum atomic E-state index is 9.82. The second-order valence-corrected chi connectivity index (χ2v) is 7.55. The third-order valence-corrected chi connectivity index (χ3v) is 5.50. The van der Waals surface area contributed by atoms with Crippen molar-refractivity contribution >= 4 is 46.4 Å². The van der Waals surface area contributed by atoms with Crippen LogP contribution in [0.2, 0.25) is 0 Å². The molecule has 0 radical (unpaired) electrons. The molecule has 27 heavy (non-hydrogen) atoms. The summed E-state index contributed by atoms with van der Waals surface area (Å²) < 4.78 is 0. The van der Waals surface area contributed by atoms with Gasteiger partial charge in [0.05, 0.1) is 6.10 Å². The summed E-state index contributed by atoms with van der Waals surface area (Å²) in [7, 11) is 0. The summed E-state index contributed by atoms with van der Waals surface area (Å²) in [6.07, 6.45) is 2.16. The third kappa shape index (κ3) is 6.32. The van der Waals surface area contributed by atoms with E-state index < -0.39 is 0 Å². The second kappa shape index (κ2) is 10.8. The molecule has 1 fully saturated rings. The van der Waals surface area contributed by atoms with Crippen molar-refractivity contribution in [2.75, 3.05) is 37.6 Å². The molecule has 1 aliphatic rings. The van der Waals surface area contributed by atoms with E-state index in [4.69, 9.17) is 5.73 Å². The summed E-state index contributed by atoms with van der Waals surface area (Å²) in [6.45, 7) is 5.91. The Hall–Kier alpha value is -1.39. The molecule has 2 atom stereocenters. The van der Waals surface area contributed by atoms with E-state index in [2.05, 4.69) is 31.9 Å². The highest BCUT2D eigenvalue weighted by atomic mass is 127. The number of rotatable bonds is 6. The van der Waals surface area contributed by atoms with Gasteiger partial charge in [0.15, 0.2) is 11.1 Å². The fourth-order valence-corrected chi connectivity index (χ4v) is 3.95. The molecule has 1 saturated heterocycles. The molecule has 3 N–H and O–H groups in total. The van der Waals surface area contributed by atoms with E-state index in [9.17, 15) is 5.11 Å². The van der Waals surface area contributed by atoms with Crippen LogP contribution in [0.4, 0.5) is 5.13 Å². The van der Waals surface area contributed by atoms with Crippen molar-refractivity contribution in [3.05, 3.63) is 47.5 Å². The molecule has 0 saturated carbocycles. The van der Waals surface area contributed by atoms with Crippen LogP contribution in [-0.4, -0.2) is 59.8 Å². The van der Waals surface area contributed by atoms with Crippen LogP contribution in [-0.2, 0) is 0 Å². The lowest BCUT2D eigenvalue weighted by atomic mass is 9.93. The van der Waals surface area contributed by atoms with Gasteiger partial charge in [0.2, 0.25) is 0 Å². The number of nitrogens with zero attached hydrogens (tertiary/aromatic N) is 4. The first-order chi connectivity index (χ1) is 12.6. The first-order valence-corrected chi connectivity index (χ1v) is 9.93. The van der Waals surface area contributed by atoms with Crippen LogP contribution in [0.3, 0.4) is 0 Å². The molecule has 2 aromatic rings. The summed E-state index contributed by atoms with van der Waals surface area (Å²) in [5.74, 6) is 0.765. The van der Waals surface area contributed by atoms with Crippen molar-refractivity contribution in [2.24, 2.45) is 10.7 Å². The first kappa shape index (κ1) is 21.9. The molecule has 6 nitrogen and oxygen atoms in total.